The molecular formula is C10H17F3N2O4. The first-order valence-corrected chi connectivity index (χ1v) is 5.27. The Morgan fingerprint density at radius 1 is 1.21 bits per heavy atom. The molecule has 0 aliphatic heterocycles. The summed E-state index contributed by atoms with van der Waals surface area (Å²) in [6.07, 6.45) is -5.12. The maximum atomic E-state index is 12.6. The fourth-order valence-electron chi connectivity index (χ4n) is 0.882. The fraction of sp³-hybridized carbons (Fsp3) is 0.800. The van der Waals surface area contributed by atoms with Crippen molar-refractivity contribution in [1.29, 1.82) is 0 Å². The van der Waals surface area contributed by atoms with Gasteiger partial charge in [0.15, 0.2) is 0 Å². The summed E-state index contributed by atoms with van der Waals surface area (Å²) in [5.41, 5.74) is -4.14. The van der Waals surface area contributed by atoms with Gasteiger partial charge in [-0.05, 0) is 20.8 Å². The van der Waals surface area contributed by atoms with Crippen LogP contribution in [0.1, 0.15) is 20.8 Å². The van der Waals surface area contributed by atoms with Gasteiger partial charge in [-0.15, -0.1) is 0 Å². The highest BCUT2D eigenvalue weighted by molar-refractivity contribution is 5.86. The van der Waals surface area contributed by atoms with Crippen LogP contribution in [0.3, 0.4) is 0 Å². The molecule has 3 N–H and O–H groups in total. The van der Waals surface area contributed by atoms with Gasteiger partial charge >= 0.3 is 18.2 Å². The highest BCUT2D eigenvalue weighted by atomic mass is 19.4. The largest absolute Gasteiger partial charge is 0.479 e. The Hall–Kier alpha value is -1.51. The van der Waals surface area contributed by atoms with Crippen LogP contribution in [0.5, 0.6) is 0 Å². The number of carboxylic acids is 1. The maximum Gasteiger partial charge on any atom is 0.422 e. The van der Waals surface area contributed by atoms with E-state index in [1.165, 1.54) is 12.4 Å². The molecule has 0 radical (unpaired) electrons. The number of rotatable bonds is 5. The number of hydrogen-bond acceptors (Lipinski definition) is 3. The lowest BCUT2D eigenvalue weighted by atomic mass is 10.0. The van der Waals surface area contributed by atoms with Gasteiger partial charge in [0.2, 0.25) is 5.54 Å². The molecule has 1 atom stereocenters. The van der Waals surface area contributed by atoms with E-state index in [0.717, 1.165) is 0 Å². The molecule has 9 heteroatoms. The normalized spacial score (nSPS) is 15.5. The van der Waals surface area contributed by atoms with Crippen molar-refractivity contribution in [2.45, 2.75) is 38.1 Å². The standard InChI is InChI=1S/C10H17F3N2O4/c1-8(2,19-4)5-14-7(18)15-9(3,6(16)17)10(11,12)13/h5H2,1-4H3,(H,16,17)(H2,14,15,18). The number of methoxy groups -OCH3 is 1. The predicted octanol–water partition coefficient (Wildman–Crippen LogP) is 1.12. The molecule has 0 heterocycles. The lowest BCUT2D eigenvalue weighted by molar-refractivity contribution is -0.203. The smallest absolute Gasteiger partial charge is 0.422 e. The second-order valence-corrected chi connectivity index (χ2v) is 4.70. The van der Waals surface area contributed by atoms with Crippen molar-refractivity contribution in [3.05, 3.63) is 0 Å². The molecule has 0 aromatic carbocycles. The number of aliphatic carboxylic acids is 1. The summed E-state index contributed by atoms with van der Waals surface area (Å²) in [5, 5.41) is 12.1. The van der Waals surface area contributed by atoms with Gasteiger partial charge in [0.1, 0.15) is 0 Å². The van der Waals surface area contributed by atoms with Gasteiger partial charge in [-0.1, -0.05) is 0 Å². The van der Waals surface area contributed by atoms with E-state index in [-0.39, 0.29) is 6.54 Å². The van der Waals surface area contributed by atoms with Crippen LogP contribution in [0.4, 0.5) is 18.0 Å². The summed E-state index contributed by atoms with van der Waals surface area (Å²) >= 11 is 0. The van der Waals surface area contributed by atoms with E-state index in [0.29, 0.717) is 6.92 Å². The summed E-state index contributed by atoms with van der Waals surface area (Å²) in [5.74, 6) is -2.19. The van der Waals surface area contributed by atoms with Crippen molar-refractivity contribution < 1.29 is 32.6 Å². The molecule has 0 aliphatic carbocycles. The minimum absolute atomic E-state index is 0.0805. The molecule has 1 unspecified atom stereocenters. The Bertz CT molecular complexity index is 357. The molecule has 0 rings (SSSR count). The molecule has 0 saturated carbocycles. The predicted molar refractivity (Wildman–Crippen MR) is 59.7 cm³/mol. The molecule has 0 spiro atoms. The fourth-order valence-corrected chi connectivity index (χ4v) is 0.882. The lowest BCUT2D eigenvalue weighted by Gasteiger charge is -2.29. The molecule has 6 nitrogen and oxygen atoms in total. The molecule has 0 aromatic rings. The summed E-state index contributed by atoms with van der Waals surface area (Å²) < 4.78 is 42.8. The number of amides is 2. The highest BCUT2D eigenvalue weighted by Gasteiger charge is 2.58. The number of carbonyl (C=O) groups excluding carboxylic acids is 1. The van der Waals surface area contributed by atoms with Crippen LogP contribution >= 0.6 is 0 Å². The topological polar surface area (TPSA) is 87.7 Å². The minimum Gasteiger partial charge on any atom is -0.479 e. The van der Waals surface area contributed by atoms with Crippen molar-refractivity contribution >= 4 is 12.0 Å². The zero-order valence-corrected chi connectivity index (χ0v) is 11.0. The maximum absolute atomic E-state index is 12.6. The Morgan fingerprint density at radius 3 is 2.00 bits per heavy atom. The molecule has 0 bridgehead atoms. The quantitative estimate of drug-likeness (QED) is 0.706. The van der Waals surface area contributed by atoms with Crippen molar-refractivity contribution in [1.82, 2.24) is 10.6 Å². The molecule has 19 heavy (non-hydrogen) atoms. The van der Waals surface area contributed by atoms with Crippen LogP contribution in [0, 0.1) is 0 Å². The first-order valence-electron chi connectivity index (χ1n) is 5.27. The number of carboxylic acid groups (broad SMARTS) is 1. The SMILES string of the molecule is COC(C)(C)CNC(=O)NC(C)(C(=O)O)C(F)(F)F. The molecule has 0 aromatic heterocycles. The van der Waals surface area contributed by atoms with Crippen molar-refractivity contribution in [2.75, 3.05) is 13.7 Å². The number of alkyl halides is 3. The third kappa shape index (κ3) is 4.58. The Labute approximate surface area is 108 Å². The summed E-state index contributed by atoms with van der Waals surface area (Å²) in [4.78, 5) is 22.0. The van der Waals surface area contributed by atoms with Crippen molar-refractivity contribution in [2.24, 2.45) is 0 Å². The monoisotopic (exact) mass is 286 g/mol. The first kappa shape index (κ1) is 17.5. The van der Waals surface area contributed by atoms with Gasteiger partial charge < -0.3 is 20.5 Å². The van der Waals surface area contributed by atoms with Crippen molar-refractivity contribution in [3.63, 3.8) is 0 Å². The summed E-state index contributed by atoms with van der Waals surface area (Å²) in [6, 6.07) is -1.24. The zero-order valence-electron chi connectivity index (χ0n) is 11.0. The average molecular weight is 286 g/mol. The Balaban J connectivity index is 4.74. The average Bonchev–Trinajstić information content (AvgIpc) is 2.24. The third-order valence-corrected chi connectivity index (χ3v) is 2.59. The van der Waals surface area contributed by atoms with E-state index in [2.05, 4.69) is 5.32 Å². The minimum atomic E-state index is -5.12. The van der Waals surface area contributed by atoms with Crippen molar-refractivity contribution in [3.8, 4) is 0 Å². The number of halogens is 3. The highest BCUT2D eigenvalue weighted by Crippen LogP contribution is 2.30. The number of carbonyl (C=O) groups is 2. The molecule has 0 fully saturated rings. The van der Waals surface area contributed by atoms with E-state index in [1.807, 2.05) is 0 Å². The number of urea groups is 1. The van der Waals surface area contributed by atoms with E-state index >= 15 is 0 Å². The molecule has 112 valence electrons. The summed E-state index contributed by atoms with van der Waals surface area (Å²) in [6.45, 7) is 3.50. The van der Waals surface area contributed by atoms with Crippen LogP contribution in [-0.4, -0.2) is 48.1 Å². The van der Waals surface area contributed by atoms with E-state index in [1.54, 1.807) is 13.8 Å². The molecule has 0 saturated heterocycles. The second kappa shape index (κ2) is 5.64. The van der Waals surface area contributed by atoms with E-state index < -0.39 is 29.3 Å². The number of hydrogen-bond donors (Lipinski definition) is 3. The van der Waals surface area contributed by atoms with Gasteiger partial charge in [0.25, 0.3) is 0 Å². The lowest BCUT2D eigenvalue weighted by Crippen LogP contribution is -2.64. The van der Waals surface area contributed by atoms with Crippen LogP contribution in [-0.2, 0) is 9.53 Å². The van der Waals surface area contributed by atoms with Gasteiger partial charge in [0.05, 0.1) is 5.60 Å². The Kier molecular flexibility index (Phi) is 5.19. The number of ether oxygens (including phenoxy) is 1. The first-order chi connectivity index (χ1) is 8.35. The van der Waals surface area contributed by atoms with E-state index in [9.17, 15) is 22.8 Å². The van der Waals surface area contributed by atoms with Crippen LogP contribution in [0.2, 0.25) is 0 Å². The Morgan fingerprint density at radius 2 is 1.68 bits per heavy atom. The van der Waals surface area contributed by atoms with Crippen LogP contribution in [0.15, 0.2) is 0 Å². The van der Waals surface area contributed by atoms with Gasteiger partial charge in [-0.2, -0.15) is 13.2 Å². The van der Waals surface area contributed by atoms with Gasteiger partial charge in [-0.25, -0.2) is 9.59 Å². The number of nitrogens with one attached hydrogen (secondary N) is 2. The molecular weight excluding hydrogens is 269 g/mol. The zero-order chi connectivity index (χ0) is 15.5. The van der Waals surface area contributed by atoms with Crippen LogP contribution < -0.4 is 10.6 Å². The summed E-state index contributed by atoms with van der Waals surface area (Å²) in [7, 11) is 1.37. The van der Waals surface area contributed by atoms with Gasteiger partial charge in [-0.3, -0.25) is 0 Å². The van der Waals surface area contributed by atoms with E-state index in [4.69, 9.17) is 9.84 Å². The van der Waals surface area contributed by atoms with Crippen LogP contribution in [0.25, 0.3) is 0 Å². The molecule has 0 aliphatic rings. The van der Waals surface area contributed by atoms with Gasteiger partial charge in [0, 0.05) is 13.7 Å². The third-order valence-electron chi connectivity index (χ3n) is 2.59. The molecule has 2 amide bonds. The second-order valence-electron chi connectivity index (χ2n) is 4.70.